The predicted molar refractivity (Wildman–Crippen MR) is 54.5 cm³/mol. The Morgan fingerprint density at radius 1 is 1.85 bits per heavy atom. The average Bonchev–Trinajstić information content (AvgIpc) is 2.05. The third-order valence-corrected chi connectivity index (χ3v) is 3.17. The molecule has 0 aromatic carbocycles. The molecule has 0 amide bonds. The first-order chi connectivity index (χ1) is 6.02. The molecule has 1 aliphatic rings. The van der Waals surface area contributed by atoms with E-state index in [1.807, 2.05) is 0 Å². The summed E-state index contributed by atoms with van der Waals surface area (Å²) in [5.41, 5.74) is 0.583. The summed E-state index contributed by atoms with van der Waals surface area (Å²) < 4.78 is 0.405. The summed E-state index contributed by atoms with van der Waals surface area (Å²) in [7, 11) is 0. The lowest BCUT2D eigenvalue weighted by molar-refractivity contribution is -0.138. The Bertz CT molecular complexity index is 266. The van der Waals surface area contributed by atoms with Gasteiger partial charge in [-0.2, -0.15) is 0 Å². The number of nitrogens with zero attached hydrogens (tertiary/aromatic N) is 1. The molecule has 0 aromatic heterocycles. The monoisotopic (exact) mass is 219 g/mol. The number of aliphatic hydroxyl groups is 1. The van der Waals surface area contributed by atoms with Gasteiger partial charge in [0.2, 0.25) is 0 Å². The van der Waals surface area contributed by atoms with E-state index in [-0.39, 0.29) is 6.54 Å². The van der Waals surface area contributed by atoms with E-state index in [9.17, 15) is 9.90 Å². The Morgan fingerprint density at radius 2 is 2.46 bits per heavy atom. The molecule has 72 valence electrons. The van der Waals surface area contributed by atoms with Crippen molar-refractivity contribution in [3.8, 4) is 0 Å². The van der Waals surface area contributed by atoms with Crippen molar-refractivity contribution in [2.75, 3.05) is 12.3 Å². The molecule has 1 aliphatic heterocycles. The minimum absolute atomic E-state index is 0.286. The molecule has 0 radical (unpaired) electrons. The van der Waals surface area contributed by atoms with Crippen LogP contribution in [0.25, 0.3) is 0 Å². The highest BCUT2D eigenvalue weighted by molar-refractivity contribution is 8.23. The summed E-state index contributed by atoms with van der Waals surface area (Å²) in [4.78, 5) is 11.7. The van der Waals surface area contributed by atoms with Crippen LogP contribution in [0.1, 0.15) is 0 Å². The van der Waals surface area contributed by atoms with E-state index in [2.05, 4.69) is 6.58 Å². The van der Waals surface area contributed by atoms with Crippen LogP contribution in [-0.2, 0) is 4.79 Å². The number of thiocarbonyl (C=S) groups is 1. The number of hydrogen-bond donors (Lipinski definition) is 2. The van der Waals surface area contributed by atoms with Gasteiger partial charge in [-0.15, -0.1) is 0 Å². The molecule has 0 spiro atoms. The Labute approximate surface area is 85.2 Å². The summed E-state index contributed by atoms with van der Waals surface area (Å²) in [5, 5.41) is 18.1. The van der Waals surface area contributed by atoms with Crippen molar-refractivity contribution in [2.24, 2.45) is 0 Å². The van der Waals surface area contributed by atoms with E-state index in [1.54, 1.807) is 0 Å². The van der Waals surface area contributed by atoms with Gasteiger partial charge in [-0.05, 0) is 5.57 Å². The van der Waals surface area contributed by atoms with Crippen molar-refractivity contribution >= 4 is 34.3 Å². The second-order valence-electron chi connectivity index (χ2n) is 2.61. The summed E-state index contributed by atoms with van der Waals surface area (Å²) in [6, 6.07) is 0. The van der Waals surface area contributed by atoms with Crippen LogP contribution in [0.2, 0.25) is 0 Å². The SMILES string of the molecule is C=C1CSC(=S)N(CC(=O)O)C1O. The Morgan fingerprint density at radius 3 is 3.00 bits per heavy atom. The second kappa shape index (κ2) is 4.08. The molecular weight excluding hydrogens is 210 g/mol. The number of rotatable bonds is 2. The van der Waals surface area contributed by atoms with E-state index in [0.717, 1.165) is 0 Å². The molecule has 1 unspecified atom stereocenters. The number of thioether (sulfide) groups is 1. The largest absolute Gasteiger partial charge is 0.480 e. The maximum Gasteiger partial charge on any atom is 0.323 e. The van der Waals surface area contributed by atoms with E-state index < -0.39 is 12.2 Å². The fourth-order valence-corrected chi connectivity index (χ4v) is 2.06. The van der Waals surface area contributed by atoms with E-state index in [0.29, 0.717) is 15.6 Å². The molecule has 1 fully saturated rings. The minimum atomic E-state index is -1.02. The Kier molecular flexibility index (Phi) is 3.29. The van der Waals surface area contributed by atoms with Crippen molar-refractivity contribution in [3.63, 3.8) is 0 Å². The summed E-state index contributed by atoms with van der Waals surface area (Å²) in [6.07, 6.45) is -0.954. The Hall–Kier alpha value is -0.590. The first-order valence-electron chi connectivity index (χ1n) is 3.53. The fourth-order valence-electron chi connectivity index (χ4n) is 0.929. The fraction of sp³-hybridized carbons (Fsp3) is 0.429. The highest BCUT2D eigenvalue weighted by Gasteiger charge is 2.28. The van der Waals surface area contributed by atoms with Crippen LogP contribution in [-0.4, -0.2) is 43.9 Å². The van der Waals surface area contributed by atoms with Crippen molar-refractivity contribution in [3.05, 3.63) is 12.2 Å². The van der Waals surface area contributed by atoms with Gasteiger partial charge in [0, 0.05) is 5.75 Å². The van der Waals surface area contributed by atoms with Crippen LogP contribution in [0.5, 0.6) is 0 Å². The zero-order valence-corrected chi connectivity index (χ0v) is 8.40. The molecular formula is C7H9NO3S2. The first kappa shape index (κ1) is 10.5. The topological polar surface area (TPSA) is 60.8 Å². The molecule has 4 nitrogen and oxygen atoms in total. The van der Waals surface area contributed by atoms with Gasteiger partial charge in [0.1, 0.15) is 10.9 Å². The molecule has 0 aliphatic carbocycles. The number of carboxylic acid groups (broad SMARTS) is 1. The lowest BCUT2D eigenvalue weighted by Gasteiger charge is -2.33. The zero-order valence-electron chi connectivity index (χ0n) is 6.77. The van der Waals surface area contributed by atoms with Crippen molar-refractivity contribution in [1.82, 2.24) is 4.90 Å². The smallest absolute Gasteiger partial charge is 0.323 e. The van der Waals surface area contributed by atoms with Gasteiger partial charge in [-0.1, -0.05) is 30.6 Å². The maximum absolute atomic E-state index is 10.4. The Balaban J connectivity index is 2.72. The number of aliphatic carboxylic acids is 1. The average molecular weight is 219 g/mol. The number of carbonyl (C=O) groups is 1. The van der Waals surface area contributed by atoms with Gasteiger partial charge in [-0.3, -0.25) is 4.79 Å². The van der Waals surface area contributed by atoms with Crippen molar-refractivity contribution < 1.29 is 15.0 Å². The van der Waals surface area contributed by atoms with Crippen LogP contribution in [0, 0.1) is 0 Å². The first-order valence-corrected chi connectivity index (χ1v) is 4.92. The molecule has 1 saturated heterocycles. The van der Waals surface area contributed by atoms with Crippen LogP contribution in [0.4, 0.5) is 0 Å². The zero-order chi connectivity index (χ0) is 10.0. The number of hydrogen-bond acceptors (Lipinski definition) is 4. The molecule has 6 heteroatoms. The second-order valence-corrected chi connectivity index (χ2v) is 4.22. The van der Waals surface area contributed by atoms with E-state index in [1.165, 1.54) is 16.7 Å². The molecule has 1 heterocycles. The lowest BCUT2D eigenvalue weighted by Crippen LogP contribution is -2.45. The van der Waals surface area contributed by atoms with E-state index >= 15 is 0 Å². The molecule has 1 atom stereocenters. The standard InChI is InChI=1S/C7H9NO3S2/c1-4-3-13-7(12)8(6(4)11)2-5(9)10/h6,11H,1-3H2,(H,9,10). The molecule has 0 saturated carbocycles. The highest BCUT2D eigenvalue weighted by Crippen LogP contribution is 2.24. The summed E-state index contributed by atoms with van der Waals surface area (Å²) in [5.74, 6) is -0.465. The van der Waals surface area contributed by atoms with Crippen LogP contribution < -0.4 is 0 Å². The van der Waals surface area contributed by atoms with Gasteiger partial charge in [-0.25, -0.2) is 0 Å². The third kappa shape index (κ3) is 2.43. The molecule has 13 heavy (non-hydrogen) atoms. The van der Waals surface area contributed by atoms with Gasteiger partial charge in [0.25, 0.3) is 0 Å². The van der Waals surface area contributed by atoms with Crippen LogP contribution in [0.15, 0.2) is 12.2 Å². The molecule has 2 N–H and O–H groups in total. The molecule has 0 aromatic rings. The predicted octanol–water partition coefficient (Wildman–Crippen LogP) is 0.279. The molecule has 0 bridgehead atoms. The minimum Gasteiger partial charge on any atom is -0.480 e. The normalized spacial score (nSPS) is 23.5. The van der Waals surface area contributed by atoms with Gasteiger partial charge in [0.15, 0.2) is 6.23 Å². The van der Waals surface area contributed by atoms with Gasteiger partial charge < -0.3 is 15.1 Å². The quantitative estimate of drug-likeness (QED) is 0.514. The summed E-state index contributed by atoms with van der Waals surface area (Å²) >= 11 is 6.21. The third-order valence-electron chi connectivity index (χ3n) is 1.58. The lowest BCUT2D eigenvalue weighted by atomic mass is 10.3. The van der Waals surface area contributed by atoms with Crippen LogP contribution >= 0.6 is 24.0 Å². The van der Waals surface area contributed by atoms with Gasteiger partial charge >= 0.3 is 5.97 Å². The highest BCUT2D eigenvalue weighted by atomic mass is 32.2. The number of aliphatic hydroxyl groups excluding tert-OH is 1. The van der Waals surface area contributed by atoms with Crippen molar-refractivity contribution in [2.45, 2.75) is 6.23 Å². The van der Waals surface area contributed by atoms with Crippen molar-refractivity contribution in [1.29, 1.82) is 0 Å². The maximum atomic E-state index is 10.4. The molecule has 1 rings (SSSR count). The summed E-state index contributed by atoms with van der Waals surface area (Å²) in [6.45, 7) is 3.34. The van der Waals surface area contributed by atoms with E-state index in [4.69, 9.17) is 17.3 Å². The number of carboxylic acids is 1. The van der Waals surface area contributed by atoms with Gasteiger partial charge in [0.05, 0.1) is 0 Å². The van der Waals surface area contributed by atoms with Crippen LogP contribution in [0.3, 0.4) is 0 Å².